The fourth-order valence-corrected chi connectivity index (χ4v) is 3.98. The maximum absolute atomic E-state index is 12.6. The molecule has 0 bridgehead atoms. The van der Waals surface area contributed by atoms with E-state index in [4.69, 9.17) is 0 Å². The van der Waals surface area contributed by atoms with Crippen molar-refractivity contribution in [3.63, 3.8) is 0 Å². The van der Waals surface area contributed by atoms with Gasteiger partial charge in [-0.1, -0.05) is 37.5 Å². The number of hydrogen-bond acceptors (Lipinski definition) is 1. The van der Waals surface area contributed by atoms with E-state index in [0.717, 1.165) is 41.7 Å². The molecule has 2 aliphatic rings. The lowest BCUT2D eigenvalue weighted by molar-refractivity contribution is 0.108. The van der Waals surface area contributed by atoms with Crippen LogP contribution in [0.1, 0.15) is 43.2 Å². The van der Waals surface area contributed by atoms with E-state index in [1.807, 2.05) is 11.0 Å². The van der Waals surface area contributed by atoms with Crippen LogP contribution in [-0.2, 0) is 0 Å². The maximum Gasteiger partial charge on any atom is 0.321 e. The van der Waals surface area contributed by atoms with Crippen LogP contribution in [0.3, 0.4) is 0 Å². The van der Waals surface area contributed by atoms with Crippen molar-refractivity contribution in [2.24, 2.45) is 11.8 Å². The molecule has 0 unspecified atom stereocenters. The van der Waals surface area contributed by atoms with Gasteiger partial charge in [0.05, 0.1) is 0 Å². The van der Waals surface area contributed by atoms with Gasteiger partial charge in [0.1, 0.15) is 0 Å². The molecule has 3 rings (SSSR count). The van der Waals surface area contributed by atoms with Crippen molar-refractivity contribution >= 4 is 11.7 Å². The van der Waals surface area contributed by atoms with Gasteiger partial charge >= 0.3 is 6.03 Å². The van der Waals surface area contributed by atoms with Crippen LogP contribution in [0.25, 0.3) is 0 Å². The van der Waals surface area contributed by atoms with Crippen LogP contribution >= 0.6 is 0 Å². The lowest BCUT2D eigenvalue weighted by Crippen LogP contribution is -2.46. The van der Waals surface area contributed by atoms with Crippen LogP contribution in [0.15, 0.2) is 18.2 Å². The SMILES string of the molecule is Cc1cccc(C)c1NC(=O)N1CC[C@@H]2CCCC[C@H]2C1. The maximum atomic E-state index is 12.6. The van der Waals surface area contributed by atoms with Gasteiger partial charge in [0, 0.05) is 18.8 Å². The highest BCUT2D eigenvalue weighted by Gasteiger charge is 2.33. The molecule has 2 fully saturated rings. The van der Waals surface area contributed by atoms with Crippen molar-refractivity contribution in [3.8, 4) is 0 Å². The highest BCUT2D eigenvalue weighted by Crippen LogP contribution is 2.36. The zero-order chi connectivity index (χ0) is 14.8. The third-order valence-electron chi connectivity index (χ3n) is 5.29. The van der Waals surface area contributed by atoms with E-state index in [-0.39, 0.29) is 6.03 Å². The number of carbonyl (C=O) groups excluding carboxylic acids is 1. The summed E-state index contributed by atoms with van der Waals surface area (Å²) < 4.78 is 0. The Morgan fingerprint density at radius 1 is 1.10 bits per heavy atom. The first-order valence-electron chi connectivity index (χ1n) is 8.27. The lowest BCUT2D eigenvalue weighted by atomic mass is 9.75. The monoisotopic (exact) mass is 286 g/mol. The predicted molar refractivity (Wildman–Crippen MR) is 86.6 cm³/mol. The Balaban J connectivity index is 1.66. The number of hydrogen-bond donors (Lipinski definition) is 1. The van der Waals surface area contributed by atoms with E-state index < -0.39 is 0 Å². The molecule has 114 valence electrons. The van der Waals surface area contributed by atoms with Crippen molar-refractivity contribution in [2.45, 2.75) is 46.0 Å². The summed E-state index contributed by atoms with van der Waals surface area (Å²) in [5.74, 6) is 1.60. The van der Waals surface area contributed by atoms with Crippen molar-refractivity contribution in [3.05, 3.63) is 29.3 Å². The smallest absolute Gasteiger partial charge is 0.321 e. The van der Waals surface area contributed by atoms with Gasteiger partial charge in [-0.05, 0) is 49.7 Å². The van der Waals surface area contributed by atoms with Crippen molar-refractivity contribution in [1.82, 2.24) is 4.90 Å². The highest BCUT2D eigenvalue weighted by molar-refractivity contribution is 5.91. The second-order valence-electron chi connectivity index (χ2n) is 6.74. The van der Waals surface area contributed by atoms with Gasteiger partial charge in [0.25, 0.3) is 0 Å². The number of piperidine rings is 1. The van der Waals surface area contributed by atoms with E-state index in [9.17, 15) is 4.79 Å². The van der Waals surface area contributed by atoms with Crippen molar-refractivity contribution in [2.75, 3.05) is 18.4 Å². The lowest BCUT2D eigenvalue weighted by Gasteiger charge is -2.41. The summed E-state index contributed by atoms with van der Waals surface area (Å²) in [5.41, 5.74) is 3.25. The topological polar surface area (TPSA) is 32.3 Å². The van der Waals surface area contributed by atoms with Crippen LogP contribution in [-0.4, -0.2) is 24.0 Å². The van der Waals surface area contributed by atoms with Gasteiger partial charge in [0.15, 0.2) is 0 Å². The fourth-order valence-electron chi connectivity index (χ4n) is 3.98. The van der Waals surface area contributed by atoms with Crippen LogP contribution in [0.4, 0.5) is 10.5 Å². The summed E-state index contributed by atoms with van der Waals surface area (Å²) in [6.07, 6.45) is 6.59. The first-order valence-corrected chi connectivity index (χ1v) is 8.27. The standard InChI is InChI=1S/C18H26N2O/c1-13-6-5-7-14(2)17(13)19-18(21)20-11-10-15-8-3-4-9-16(15)12-20/h5-7,15-16H,3-4,8-12H2,1-2H3,(H,19,21)/t15-,16-/m0/s1. The molecule has 1 heterocycles. The van der Waals surface area contributed by atoms with Gasteiger partial charge in [-0.15, -0.1) is 0 Å². The quantitative estimate of drug-likeness (QED) is 0.818. The minimum Gasteiger partial charge on any atom is -0.324 e. The van der Waals surface area contributed by atoms with E-state index in [1.54, 1.807) is 0 Å². The molecule has 3 heteroatoms. The molecule has 0 radical (unpaired) electrons. The molecule has 3 nitrogen and oxygen atoms in total. The summed E-state index contributed by atoms with van der Waals surface area (Å²) in [4.78, 5) is 14.6. The van der Waals surface area contributed by atoms with Crippen LogP contribution in [0, 0.1) is 25.7 Å². The Bertz CT molecular complexity index is 506. The fraction of sp³-hybridized carbons (Fsp3) is 0.611. The molecule has 1 aliphatic carbocycles. The number of aryl methyl sites for hydroxylation is 2. The summed E-state index contributed by atoms with van der Waals surface area (Å²) >= 11 is 0. The number of nitrogens with one attached hydrogen (secondary N) is 1. The molecule has 0 aromatic heterocycles. The Kier molecular flexibility index (Phi) is 4.18. The van der Waals surface area contributed by atoms with E-state index >= 15 is 0 Å². The number of urea groups is 1. The number of carbonyl (C=O) groups is 1. The van der Waals surface area contributed by atoms with Gasteiger partial charge in [-0.2, -0.15) is 0 Å². The molecule has 1 aliphatic heterocycles. The minimum atomic E-state index is 0.0800. The number of rotatable bonds is 1. The zero-order valence-electron chi connectivity index (χ0n) is 13.2. The number of nitrogens with zero attached hydrogens (tertiary/aromatic N) is 1. The molecular weight excluding hydrogens is 260 g/mol. The van der Waals surface area contributed by atoms with Crippen LogP contribution in [0.2, 0.25) is 0 Å². The second kappa shape index (κ2) is 6.08. The second-order valence-corrected chi connectivity index (χ2v) is 6.74. The number of likely N-dealkylation sites (tertiary alicyclic amines) is 1. The number of amides is 2. The third kappa shape index (κ3) is 3.07. The number of benzene rings is 1. The van der Waals surface area contributed by atoms with Crippen molar-refractivity contribution < 1.29 is 4.79 Å². The molecule has 21 heavy (non-hydrogen) atoms. The normalized spacial score (nSPS) is 25.3. The zero-order valence-corrected chi connectivity index (χ0v) is 13.2. The van der Waals surface area contributed by atoms with E-state index in [0.29, 0.717) is 0 Å². The first kappa shape index (κ1) is 14.4. The summed E-state index contributed by atoms with van der Waals surface area (Å²) in [6.45, 7) is 5.96. The molecule has 0 spiro atoms. The average Bonchev–Trinajstić information content (AvgIpc) is 2.50. The molecule has 1 saturated heterocycles. The van der Waals surface area contributed by atoms with Crippen molar-refractivity contribution in [1.29, 1.82) is 0 Å². The number of anilines is 1. The molecule has 1 aromatic rings. The van der Waals surface area contributed by atoms with Crippen LogP contribution in [0.5, 0.6) is 0 Å². The molecule has 1 saturated carbocycles. The molecule has 1 N–H and O–H groups in total. The number of fused-ring (bicyclic) bond motifs is 1. The van der Waals surface area contributed by atoms with Crippen LogP contribution < -0.4 is 5.32 Å². The van der Waals surface area contributed by atoms with Gasteiger partial charge in [-0.3, -0.25) is 0 Å². The third-order valence-corrected chi connectivity index (χ3v) is 5.29. The molecule has 2 atom stereocenters. The summed E-state index contributed by atoms with van der Waals surface area (Å²) in [5, 5.41) is 3.13. The minimum absolute atomic E-state index is 0.0800. The molecule has 2 amide bonds. The molecule has 1 aromatic carbocycles. The highest BCUT2D eigenvalue weighted by atomic mass is 16.2. The first-order chi connectivity index (χ1) is 10.1. The van der Waals surface area contributed by atoms with E-state index in [1.165, 1.54) is 32.1 Å². The number of para-hydroxylation sites is 1. The molecular formula is C18H26N2O. The Morgan fingerprint density at radius 2 is 1.76 bits per heavy atom. The largest absolute Gasteiger partial charge is 0.324 e. The van der Waals surface area contributed by atoms with Gasteiger partial charge < -0.3 is 10.2 Å². The van der Waals surface area contributed by atoms with Gasteiger partial charge in [0.2, 0.25) is 0 Å². The Morgan fingerprint density at radius 3 is 2.48 bits per heavy atom. The summed E-state index contributed by atoms with van der Waals surface area (Å²) in [6, 6.07) is 6.22. The predicted octanol–water partition coefficient (Wildman–Crippen LogP) is 4.35. The summed E-state index contributed by atoms with van der Waals surface area (Å²) in [7, 11) is 0. The average molecular weight is 286 g/mol. The Labute approximate surface area is 127 Å². The van der Waals surface area contributed by atoms with E-state index in [2.05, 4.69) is 31.3 Å². The van der Waals surface area contributed by atoms with Gasteiger partial charge in [-0.25, -0.2) is 4.79 Å². The Hall–Kier alpha value is -1.51.